The van der Waals surface area contributed by atoms with Crippen molar-refractivity contribution in [3.8, 4) is 0 Å². The van der Waals surface area contributed by atoms with Crippen LogP contribution in [0.15, 0.2) is 23.1 Å². The summed E-state index contributed by atoms with van der Waals surface area (Å²) >= 11 is 5.79. The first-order valence-corrected chi connectivity index (χ1v) is 6.29. The predicted octanol–water partition coefficient (Wildman–Crippen LogP) is 2.11. The Morgan fingerprint density at radius 3 is 2.57 bits per heavy atom. The van der Waals surface area contributed by atoms with Gasteiger partial charge in [-0.25, -0.2) is 8.42 Å². The van der Waals surface area contributed by atoms with E-state index in [0.717, 1.165) is 0 Å². The number of nitrogen functional groups attached to an aromatic ring is 1. The Balaban J connectivity index is 3.32. The maximum Gasteiger partial charge on any atom is 0.181 e. The van der Waals surface area contributed by atoms with Gasteiger partial charge in [0.1, 0.15) is 4.90 Å². The van der Waals surface area contributed by atoms with E-state index >= 15 is 0 Å². The van der Waals surface area contributed by atoms with Crippen LogP contribution >= 0.6 is 11.6 Å². The highest BCUT2D eigenvalue weighted by Crippen LogP contribution is 2.28. The molecule has 14 heavy (non-hydrogen) atoms. The second-order valence-electron chi connectivity index (χ2n) is 2.98. The molecule has 0 heterocycles. The van der Waals surface area contributed by atoms with Crippen LogP contribution in [0.1, 0.15) is 13.3 Å². The van der Waals surface area contributed by atoms with Crippen molar-refractivity contribution in [2.24, 2.45) is 0 Å². The zero-order valence-electron chi connectivity index (χ0n) is 7.83. The summed E-state index contributed by atoms with van der Waals surface area (Å²) in [6, 6.07) is 4.69. The molecule has 0 spiro atoms. The fraction of sp³-hybridized carbons (Fsp3) is 0.333. The molecule has 0 saturated carbocycles. The Morgan fingerprint density at radius 1 is 1.43 bits per heavy atom. The van der Waals surface area contributed by atoms with Crippen molar-refractivity contribution >= 4 is 27.1 Å². The van der Waals surface area contributed by atoms with E-state index in [0.29, 0.717) is 6.42 Å². The van der Waals surface area contributed by atoms with Crippen LogP contribution in [0.2, 0.25) is 5.02 Å². The van der Waals surface area contributed by atoms with E-state index in [9.17, 15) is 8.42 Å². The molecule has 5 heteroatoms. The van der Waals surface area contributed by atoms with Gasteiger partial charge in [-0.1, -0.05) is 24.6 Å². The number of hydrogen-bond acceptors (Lipinski definition) is 3. The molecule has 0 aliphatic carbocycles. The number of benzene rings is 1. The standard InChI is InChI=1S/C9H12ClNO2S/c1-2-6-14(12,13)9-7(10)4-3-5-8(9)11/h3-5H,2,6,11H2,1H3. The Kier molecular flexibility index (Phi) is 3.39. The van der Waals surface area contributed by atoms with Gasteiger partial charge in [-0.3, -0.25) is 0 Å². The van der Waals surface area contributed by atoms with Crippen LogP contribution in [0.4, 0.5) is 5.69 Å². The summed E-state index contributed by atoms with van der Waals surface area (Å²) in [6.45, 7) is 1.80. The van der Waals surface area contributed by atoms with Crippen LogP contribution in [0.5, 0.6) is 0 Å². The first-order valence-electron chi connectivity index (χ1n) is 4.25. The average Bonchev–Trinajstić information content (AvgIpc) is 2.02. The van der Waals surface area contributed by atoms with Gasteiger partial charge in [0.25, 0.3) is 0 Å². The second-order valence-corrected chi connectivity index (χ2v) is 5.43. The zero-order chi connectivity index (χ0) is 10.8. The minimum absolute atomic E-state index is 0.0588. The Bertz CT molecular complexity index is 408. The van der Waals surface area contributed by atoms with Crippen molar-refractivity contribution in [3.63, 3.8) is 0 Å². The molecule has 0 amide bonds. The number of hydrogen-bond donors (Lipinski definition) is 1. The molecule has 1 rings (SSSR count). The van der Waals surface area contributed by atoms with Crippen molar-refractivity contribution in [1.29, 1.82) is 0 Å². The largest absolute Gasteiger partial charge is 0.398 e. The lowest BCUT2D eigenvalue weighted by atomic mass is 10.3. The van der Waals surface area contributed by atoms with Crippen LogP contribution < -0.4 is 5.73 Å². The SMILES string of the molecule is CCCS(=O)(=O)c1c(N)cccc1Cl. The summed E-state index contributed by atoms with van der Waals surface area (Å²) in [5.74, 6) is 0.0704. The molecule has 0 fully saturated rings. The van der Waals surface area contributed by atoms with Crippen molar-refractivity contribution in [3.05, 3.63) is 23.2 Å². The molecule has 1 aromatic carbocycles. The van der Waals surface area contributed by atoms with Crippen molar-refractivity contribution < 1.29 is 8.42 Å². The Hall–Kier alpha value is -0.740. The van der Waals surface area contributed by atoms with Gasteiger partial charge in [0.15, 0.2) is 9.84 Å². The minimum Gasteiger partial charge on any atom is -0.398 e. The monoisotopic (exact) mass is 233 g/mol. The molecule has 1 aromatic rings. The van der Waals surface area contributed by atoms with Gasteiger partial charge in [0.2, 0.25) is 0 Å². The van der Waals surface area contributed by atoms with E-state index in [1.54, 1.807) is 13.0 Å². The maximum absolute atomic E-state index is 11.7. The van der Waals surface area contributed by atoms with Crippen LogP contribution in [0.3, 0.4) is 0 Å². The second kappa shape index (κ2) is 4.19. The molecule has 0 unspecified atom stereocenters. The van der Waals surface area contributed by atoms with E-state index in [2.05, 4.69) is 0 Å². The topological polar surface area (TPSA) is 60.2 Å². The Labute approximate surface area is 88.8 Å². The highest BCUT2D eigenvalue weighted by Gasteiger charge is 2.19. The van der Waals surface area contributed by atoms with Gasteiger partial charge in [-0.15, -0.1) is 0 Å². The van der Waals surface area contributed by atoms with Gasteiger partial charge in [0, 0.05) is 0 Å². The molecule has 0 aromatic heterocycles. The molecule has 3 nitrogen and oxygen atoms in total. The summed E-state index contributed by atoms with van der Waals surface area (Å²) in [5.41, 5.74) is 5.79. The van der Waals surface area contributed by atoms with Gasteiger partial charge in [-0.05, 0) is 18.6 Å². The van der Waals surface area contributed by atoms with E-state index < -0.39 is 9.84 Å². The maximum atomic E-state index is 11.7. The molecule has 78 valence electrons. The normalized spacial score (nSPS) is 11.6. The van der Waals surface area contributed by atoms with Crippen molar-refractivity contribution in [2.75, 3.05) is 11.5 Å². The van der Waals surface area contributed by atoms with Crippen molar-refractivity contribution in [2.45, 2.75) is 18.2 Å². The Morgan fingerprint density at radius 2 is 2.07 bits per heavy atom. The average molecular weight is 234 g/mol. The predicted molar refractivity (Wildman–Crippen MR) is 58.2 cm³/mol. The van der Waals surface area contributed by atoms with Crippen molar-refractivity contribution in [1.82, 2.24) is 0 Å². The molecule has 0 aliphatic rings. The highest BCUT2D eigenvalue weighted by molar-refractivity contribution is 7.91. The van der Waals surface area contributed by atoms with E-state index in [1.807, 2.05) is 0 Å². The molecular formula is C9H12ClNO2S. The van der Waals surface area contributed by atoms with Crippen LogP contribution in [0, 0.1) is 0 Å². The molecular weight excluding hydrogens is 222 g/mol. The summed E-state index contributed by atoms with van der Waals surface area (Å²) < 4.78 is 23.4. The molecule has 0 saturated heterocycles. The minimum atomic E-state index is -3.33. The van der Waals surface area contributed by atoms with E-state index in [-0.39, 0.29) is 21.4 Å². The van der Waals surface area contributed by atoms with Gasteiger partial charge >= 0.3 is 0 Å². The molecule has 0 bridgehead atoms. The van der Waals surface area contributed by atoms with E-state index in [1.165, 1.54) is 12.1 Å². The van der Waals surface area contributed by atoms with Gasteiger partial charge in [0.05, 0.1) is 16.5 Å². The number of sulfone groups is 1. The van der Waals surface area contributed by atoms with Gasteiger partial charge < -0.3 is 5.73 Å². The molecule has 0 radical (unpaired) electrons. The number of anilines is 1. The molecule has 0 aliphatic heterocycles. The third kappa shape index (κ3) is 2.19. The number of halogens is 1. The quantitative estimate of drug-likeness (QED) is 0.814. The highest BCUT2D eigenvalue weighted by atomic mass is 35.5. The number of nitrogens with two attached hydrogens (primary N) is 1. The fourth-order valence-corrected chi connectivity index (χ4v) is 3.29. The fourth-order valence-electron chi connectivity index (χ4n) is 1.22. The van der Waals surface area contributed by atoms with Crippen LogP contribution in [-0.4, -0.2) is 14.2 Å². The summed E-state index contributed by atoms with van der Waals surface area (Å²) in [4.78, 5) is 0.0588. The lowest BCUT2D eigenvalue weighted by Gasteiger charge is -2.07. The molecule has 2 N–H and O–H groups in total. The molecule has 0 atom stereocenters. The summed E-state index contributed by atoms with van der Waals surface area (Å²) in [5, 5.41) is 0.193. The number of rotatable bonds is 3. The summed E-state index contributed by atoms with van der Waals surface area (Å²) in [7, 11) is -3.33. The van der Waals surface area contributed by atoms with Crippen LogP contribution in [-0.2, 0) is 9.84 Å². The van der Waals surface area contributed by atoms with E-state index in [4.69, 9.17) is 17.3 Å². The smallest absolute Gasteiger partial charge is 0.181 e. The third-order valence-electron chi connectivity index (χ3n) is 1.78. The van der Waals surface area contributed by atoms with Gasteiger partial charge in [-0.2, -0.15) is 0 Å². The third-order valence-corrected chi connectivity index (χ3v) is 4.23. The lowest BCUT2D eigenvalue weighted by molar-refractivity contribution is 0.595. The summed E-state index contributed by atoms with van der Waals surface area (Å²) in [6.07, 6.45) is 0.549. The first-order chi connectivity index (χ1) is 6.49. The van der Waals surface area contributed by atoms with Crippen LogP contribution in [0.25, 0.3) is 0 Å². The first kappa shape index (κ1) is 11.3. The zero-order valence-corrected chi connectivity index (χ0v) is 9.40. The lowest BCUT2D eigenvalue weighted by Crippen LogP contribution is -2.09.